The Kier molecular flexibility index (Phi) is 12.7. The van der Waals surface area contributed by atoms with Crippen LogP contribution in [0.15, 0.2) is 50.7 Å². The van der Waals surface area contributed by atoms with Gasteiger partial charge in [0.2, 0.25) is 0 Å². The fourth-order valence-corrected chi connectivity index (χ4v) is 10.8. The summed E-state index contributed by atoms with van der Waals surface area (Å²) in [7, 11) is 0.0486. The zero-order valence-corrected chi connectivity index (χ0v) is 22.4. The van der Waals surface area contributed by atoms with Gasteiger partial charge < -0.3 is 24.8 Å². The van der Waals surface area contributed by atoms with Gasteiger partial charge in [-0.2, -0.15) is 0 Å². The number of fused-ring (bicyclic) bond motifs is 1. The van der Waals surface area contributed by atoms with Crippen LogP contribution in [0.3, 0.4) is 0 Å². The Hall–Kier alpha value is 0.164. The SMILES string of the molecule is CCCCC1=[C]([Ti+2][CH]2C(P(CCC)CCC)=Cc3ccccc32)CC=C1C.[Cl-].[Cl-]. The molecule has 1 aromatic carbocycles. The molecule has 29 heavy (non-hydrogen) atoms. The average molecular weight is 485 g/mol. The van der Waals surface area contributed by atoms with Crippen molar-refractivity contribution in [2.24, 2.45) is 0 Å². The summed E-state index contributed by atoms with van der Waals surface area (Å²) in [6.45, 7) is 9.41. The van der Waals surface area contributed by atoms with E-state index in [1.165, 1.54) is 56.4 Å². The number of allylic oxidation sites excluding steroid dienone is 5. The van der Waals surface area contributed by atoms with Crippen molar-refractivity contribution < 1.29 is 44.0 Å². The Morgan fingerprint density at radius 2 is 1.69 bits per heavy atom. The van der Waals surface area contributed by atoms with E-state index in [0.717, 1.165) is 4.22 Å². The quantitative estimate of drug-likeness (QED) is 0.353. The molecular formula is C25H35Cl2PTi. The molecule has 1 atom stereocenters. The van der Waals surface area contributed by atoms with Crippen LogP contribution in [0, 0.1) is 0 Å². The minimum Gasteiger partial charge on any atom is -1.00 e. The van der Waals surface area contributed by atoms with E-state index in [9.17, 15) is 0 Å². The van der Waals surface area contributed by atoms with Crippen LogP contribution in [-0.4, -0.2) is 12.3 Å². The first-order valence-electron chi connectivity index (χ1n) is 10.9. The van der Waals surface area contributed by atoms with Crippen molar-refractivity contribution in [2.75, 3.05) is 12.3 Å². The Bertz CT molecular complexity index is 745. The second kappa shape index (κ2) is 13.5. The van der Waals surface area contributed by atoms with Gasteiger partial charge in [0, 0.05) is 0 Å². The third-order valence-electron chi connectivity index (χ3n) is 5.81. The number of hydrogen-bond acceptors (Lipinski definition) is 0. The predicted octanol–water partition coefficient (Wildman–Crippen LogP) is 2.27. The molecule has 0 amide bonds. The first-order chi connectivity index (χ1) is 13.2. The van der Waals surface area contributed by atoms with E-state index in [4.69, 9.17) is 0 Å². The maximum Gasteiger partial charge on any atom is -1.00 e. The van der Waals surface area contributed by atoms with Gasteiger partial charge in [0.15, 0.2) is 0 Å². The molecule has 0 saturated carbocycles. The molecule has 0 saturated heterocycles. The smallest absolute Gasteiger partial charge is 1.00 e. The van der Waals surface area contributed by atoms with Crippen molar-refractivity contribution in [3.8, 4) is 0 Å². The van der Waals surface area contributed by atoms with Gasteiger partial charge in [-0.15, -0.1) is 0 Å². The Labute approximate surface area is 201 Å². The van der Waals surface area contributed by atoms with E-state index in [1.54, 1.807) is 16.7 Å². The summed E-state index contributed by atoms with van der Waals surface area (Å²) in [5.41, 5.74) is 6.51. The molecule has 3 rings (SSSR count). The van der Waals surface area contributed by atoms with Crippen molar-refractivity contribution in [2.45, 2.75) is 70.4 Å². The van der Waals surface area contributed by atoms with Crippen LogP contribution < -0.4 is 24.8 Å². The van der Waals surface area contributed by atoms with Gasteiger partial charge in [0.05, 0.1) is 0 Å². The Morgan fingerprint density at radius 1 is 1.00 bits per heavy atom. The van der Waals surface area contributed by atoms with Crippen LogP contribution in [0.25, 0.3) is 6.08 Å². The van der Waals surface area contributed by atoms with Gasteiger partial charge in [-0.1, -0.05) is 0 Å². The molecule has 2 aliphatic rings. The van der Waals surface area contributed by atoms with Crippen LogP contribution in [0.2, 0.25) is 0 Å². The summed E-state index contributed by atoms with van der Waals surface area (Å²) < 4.78 is 2.62. The summed E-state index contributed by atoms with van der Waals surface area (Å²) in [6, 6.07) is 9.28. The van der Waals surface area contributed by atoms with Crippen LogP contribution in [0.1, 0.15) is 81.6 Å². The fourth-order valence-electron chi connectivity index (χ4n) is 4.40. The van der Waals surface area contributed by atoms with E-state index >= 15 is 0 Å². The molecule has 0 fully saturated rings. The second-order valence-corrected chi connectivity index (χ2v) is 12.7. The zero-order chi connectivity index (χ0) is 19.2. The summed E-state index contributed by atoms with van der Waals surface area (Å²) in [5.74, 6) is 0. The normalized spacial score (nSPS) is 17.3. The minimum absolute atomic E-state index is 0. The van der Waals surface area contributed by atoms with Gasteiger partial charge in [0.25, 0.3) is 0 Å². The molecule has 158 valence electrons. The maximum absolute atomic E-state index is 2.61. The molecule has 0 nitrogen and oxygen atoms in total. The first kappa shape index (κ1) is 27.2. The van der Waals surface area contributed by atoms with Crippen molar-refractivity contribution in [3.05, 3.63) is 61.8 Å². The fraction of sp³-hybridized carbons (Fsp3) is 0.520. The van der Waals surface area contributed by atoms with Crippen LogP contribution in [0.5, 0.6) is 0 Å². The molecule has 0 spiro atoms. The monoisotopic (exact) mass is 484 g/mol. The summed E-state index contributed by atoms with van der Waals surface area (Å²) in [6.07, 6.45) is 15.8. The summed E-state index contributed by atoms with van der Waals surface area (Å²) >= 11 is -0.145. The molecule has 0 radical (unpaired) electrons. The Morgan fingerprint density at radius 3 is 2.34 bits per heavy atom. The number of halogens is 2. The van der Waals surface area contributed by atoms with E-state index in [2.05, 4.69) is 64.1 Å². The molecule has 0 aliphatic heterocycles. The van der Waals surface area contributed by atoms with Crippen molar-refractivity contribution in [1.29, 1.82) is 0 Å². The van der Waals surface area contributed by atoms with Gasteiger partial charge in [0.1, 0.15) is 0 Å². The molecular weight excluding hydrogens is 450 g/mol. The maximum atomic E-state index is 2.61. The van der Waals surface area contributed by atoms with Gasteiger partial charge in [-0.05, 0) is 0 Å². The topological polar surface area (TPSA) is 0 Å². The van der Waals surface area contributed by atoms with E-state index in [-0.39, 0.29) is 51.9 Å². The van der Waals surface area contributed by atoms with Crippen molar-refractivity contribution in [3.63, 3.8) is 0 Å². The third-order valence-corrected chi connectivity index (χ3v) is 12.0. The van der Waals surface area contributed by atoms with E-state index < -0.39 is 0 Å². The van der Waals surface area contributed by atoms with Gasteiger partial charge in [-0.25, -0.2) is 0 Å². The van der Waals surface area contributed by atoms with Crippen LogP contribution in [-0.2, 0) is 19.2 Å². The summed E-state index contributed by atoms with van der Waals surface area (Å²) in [4.78, 5) is 0. The summed E-state index contributed by atoms with van der Waals surface area (Å²) in [5, 5.41) is 1.85. The largest absolute Gasteiger partial charge is 1.00 e. The standard InChI is InChI=1S/C15H20P.C10H15.2ClH.Ti/c1-3-9-16(10-4-2)15-11-13-7-5-6-8-14(13)12-15;1-3-4-7-10-8-5-6-9(10)2;;;/h5-8,11-12H,3-4,9-10H2,1-2H3;6H,3-5,7H2,1-2H3;2*1H;/q;;;;+2/p-2. The molecule has 0 aromatic heterocycles. The van der Waals surface area contributed by atoms with Gasteiger partial charge in [-0.3, -0.25) is 0 Å². The molecule has 0 heterocycles. The van der Waals surface area contributed by atoms with E-state index in [0.29, 0.717) is 0 Å². The number of benzene rings is 1. The van der Waals surface area contributed by atoms with Crippen molar-refractivity contribution >= 4 is 14.0 Å². The number of hydrogen-bond donors (Lipinski definition) is 0. The van der Waals surface area contributed by atoms with Gasteiger partial charge >= 0.3 is 178 Å². The Balaban J connectivity index is 0.00000210. The number of unbranched alkanes of at least 4 members (excludes halogenated alkanes) is 1. The molecule has 1 aromatic rings. The van der Waals surface area contributed by atoms with Crippen molar-refractivity contribution in [1.82, 2.24) is 0 Å². The number of rotatable bonds is 10. The average Bonchev–Trinajstić information content (AvgIpc) is 3.21. The molecule has 4 heteroatoms. The minimum atomic E-state index is -0.145. The van der Waals surface area contributed by atoms with Crippen LogP contribution >= 0.6 is 7.92 Å². The third kappa shape index (κ3) is 6.57. The second-order valence-electron chi connectivity index (χ2n) is 7.91. The van der Waals surface area contributed by atoms with E-state index in [1.807, 2.05) is 9.19 Å². The first-order valence-corrected chi connectivity index (χ1v) is 14.3. The molecule has 2 aliphatic carbocycles. The van der Waals surface area contributed by atoms with Crippen LogP contribution in [0.4, 0.5) is 0 Å². The molecule has 0 N–H and O–H groups in total. The molecule has 0 bridgehead atoms. The zero-order valence-electron chi connectivity index (χ0n) is 18.4. The predicted molar refractivity (Wildman–Crippen MR) is 119 cm³/mol. The molecule has 1 unspecified atom stereocenters.